The first kappa shape index (κ1) is 14.9. The molecule has 0 amide bonds. The maximum atomic E-state index is 10.8. The Bertz CT molecular complexity index is 346. The van der Waals surface area contributed by atoms with Gasteiger partial charge in [0.25, 0.3) is 0 Å². The first-order valence-electron chi connectivity index (χ1n) is 6.14. The van der Waals surface area contributed by atoms with E-state index in [-0.39, 0.29) is 6.61 Å². The molecule has 1 aromatic rings. The summed E-state index contributed by atoms with van der Waals surface area (Å²) in [5, 5.41) is 15.0. The molecule has 0 bridgehead atoms. The lowest BCUT2D eigenvalue weighted by molar-refractivity contribution is -0.0504. The molecule has 0 saturated heterocycles. The van der Waals surface area contributed by atoms with E-state index in [9.17, 15) is 5.11 Å². The highest BCUT2D eigenvalue weighted by atomic mass is 16.5. The Morgan fingerprint density at radius 3 is 2.72 bits per heavy atom. The number of ether oxygens (including phenoxy) is 2. The van der Waals surface area contributed by atoms with E-state index in [1.165, 1.54) is 0 Å². The zero-order valence-corrected chi connectivity index (χ0v) is 11.3. The molecule has 0 aliphatic heterocycles. The van der Waals surface area contributed by atoms with Crippen molar-refractivity contribution in [3.63, 3.8) is 0 Å². The van der Waals surface area contributed by atoms with Crippen molar-refractivity contribution in [1.82, 2.24) is 9.78 Å². The smallest absolute Gasteiger partial charge is 0.163 e. The van der Waals surface area contributed by atoms with E-state index in [1.807, 2.05) is 6.92 Å². The Kier molecular flexibility index (Phi) is 5.58. The van der Waals surface area contributed by atoms with E-state index < -0.39 is 5.60 Å². The molecule has 0 aliphatic rings. The van der Waals surface area contributed by atoms with Crippen molar-refractivity contribution in [3.05, 3.63) is 11.9 Å². The van der Waals surface area contributed by atoms with Crippen molar-refractivity contribution in [2.75, 3.05) is 27.4 Å². The average Bonchev–Trinajstić information content (AvgIpc) is 2.80. The molecule has 1 aromatic heterocycles. The maximum absolute atomic E-state index is 10.8. The lowest BCUT2D eigenvalue weighted by Crippen LogP contribution is -2.35. The van der Waals surface area contributed by atoms with Crippen LogP contribution < -0.4 is 10.5 Å². The summed E-state index contributed by atoms with van der Waals surface area (Å²) in [6, 6.07) is 0. The third-order valence-electron chi connectivity index (χ3n) is 2.94. The average molecular weight is 257 g/mol. The molecule has 18 heavy (non-hydrogen) atoms. The molecular formula is C12H23N3O3. The molecule has 104 valence electrons. The van der Waals surface area contributed by atoms with Crippen LogP contribution >= 0.6 is 0 Å². The van der Waals surface area contributed by atoms with Gasteiger partial charge in [-0.3, -0.25) is 4.68 Å². The SMILES string of the molecule is CCn1ncc(OC)c1C(O)(CCCN)COC. The van der Waals surface area contributed by atoms with Crippen molar-refractivity contribution in [1.29, 1.82) is 0 Å². The number of hydrogen-bond donors (Lipinski definition) is 2. The summed E-state index contributed by atoms with van der Waals surface area (Å²) in [6.45, 7) is 3.34. The highest BCUT2D eigenvalue weighted by Gasteiger charge is 2.35. The fourth-order valence-corrected chi connectivity index (χ4v) is 2.12. The zero-order valence-electron chi connectivity index (χ0n) is 11.3. The molecule has 1 heterocycles. The monoisotopic (exact) mass is 257 g/mol. The zero-order chi connectivity index (χ0) is 13.6. The van der Waals surface area contributed by atoms with Gasteiger partial charge in [0, 0.05) is 13.7 Å². The van der Waals surface area contributed by atoms with Gasteiger partial charge in [0.2, 0.25) is 0 Å². The summed E-state index contributed by atoms with van der Waals surface area (Å²) in [6.07, 6.45) is 2.83. The van der Waals surface area contributed by atoms with Crippen LogP contribution in [0.15, 0.2) is 6.20 Å². The third kappa shape index (κ3) is 3.01. The molecule has 0 saturated carbocycles. The van der Waals surface area contributed by atoms with E-state index in [0.717, 1.165) is 0 Å². The summed E-state index contributed by atoms with van der Waals surface area (Å²) in [5.41, 5.74) is 5.06. The number of nitrogens with zero attached hydrogens (tertiary/aromatic N) is 2. The van der Waals surface area contributed by atoms with Gasteiger partial charge in [-0.15, -0.1) is 0 Å². The molecule has 1 atom stereocenters. The second-order valence-corrected chi connectivity index (χ2v) is 4.23. The molecule has 3 N–H and O–H groups in total. The second-order valence-electron chi connectivity index (χ2n) is 4.23. The number of aromatic nitrogens is 2. The van der Waals surface area contributed by atoms with Gasteiger partial charge in [0.05, 0.1) is 19.9 Å². The second kappa shape index (κ2) is 6.72. The van der Waals surface area contributed by atoms with Gasteiger partial charge in [0.15, 0.2) is 5.75 Å². The van der Waals surface area contributed by atoms with Crippen molar-refractivity contribution < 1.29 is 14.6 Å². The van der Waals surface area contributed by atoms with Gasteiger partial charge < -0.3 is 20.3 Å². The van der Waals surface area contributed by atoms with Crippen LogP contribution in [0.2, 0.25) is 0 Å². The number of rotatable bonds is 8. The summed E-state index contributed by atoms with van der Waals surface area (Å²) in [7, 11) is 3.13. The van der Waals surface area contributed by atoms with E-state index in [2.05, 4.69) is 5.10 Å². The minimum atomic E-state index is -1.12. The van der Waals surface area contributed by atoms with Crippen LogP contribution in [0.5, 0.6) is 5.75 Å². The first-order chi connectivity index (χ1) is 8.62. The topological polar surface area (TPSA) is 82.5 Å². The predicted octanol–water partition coefficient (Wildman–Crippen LogP) is 0.484. The molecule has 1 rings (SSSR count). The van der Waals surface area contributed by atoms with E-state index >= 15 is 0 Å². The van der Waals surface area contributed by atoms with Gasteiger partial charge >= 0.3 is 0 Å². The highest BCUT2D eigenvalue weighted by molar-refractivity contribution is 5.31. The Morgan fingerprint density at radius 2 is 2.22 bits per heavy atom. The fourth-order valence-electron chi connectivity index (χ4n) is 2.12. The van der Waals surface area contributed by atoms with Crippen molar-refractivity contribution >= 4 is 0 Å². The fraction of sp³-hybridized carbons (Fsp3) is 0.750. The number of aliphatic hydroxyl groups is 1. The van der Waals surface area contributed by atoms with Crippen LogP contribution in [0.4, 0.5) is 0 Å². The molecule has 0 aliphatic carbocycles. The normalized spacial score (nSPS) is 14.5. The molecule has 6 nitrogen and oxygen atoms in total. The Labute approximate surface area is 108 Å². The summed E-state index contributed by atoms with van der Waals surface area (Å²) >= 11 is 0. The number of nitrogens with two attached hydrogens (primary N) is 1. The minimum Gasteiger partial charge on any atom is -0.493 e. The van der Waals surface area contributed by atoms with Crippen LogP contribution in [0.25, 0.3) is 0 Å². The quantitative estimate of drug-likeness (QED) is 0.708. The molecule has 0 fully saturated rings. The van der Waals surface area contributed by atoms with Crippen LogP contribution in [-0.2, 0) is 16.9 Å². The van der Waals surface area contributed by atoms with Gasteiger partial charge in [-0.25, -0.2) is 0 Å². The van der Waals surface area contributed by atoms with E-state index in [1.54, 1.807) is 25.1 Å². The Hall–Kier alpha value is -1.11. The highest BCUT2D eigenvalue weighted by Crippen LogP contribution is 2.33. The Balaban J connectivity index is 3.13. The number of aryl methyl sites for hydroxylation is 1. The third-order valence-corrected chi connectivity index (χ3v) is 2.94. The molecule has 6 heteroatoms. The summed E-state index contributed by atoms with van der Waals surface area (Å²) in [4.78, 5) is 0. The summed E-state index contributed by atoms with van der Waals surface area (Å²) in [5.74, 6) is 0.577. The van der Waals surface area contributed by atoms with Crippen LogP contribution in [-0.4, -0.2) is 42.3 Å². The van der Waals surface area contributed by atoms with Crippen molar-refractivity contribution in [3.8, 4) is 5.75 Å². The van der Waals surface area contributed by atoms with E-state index in [0.29, 0.717) is 37.4 Å². The maximum Gasteiger partial charge on any atom is 0.163 e. The van der Waals surface area contributed by atoms with Gasteiger partial charge in [-0.05, 0) is 26.3 Å². The standard InChI is InChI=1S/C12H23N3O3/c1-4-15-11(10(18-3)8-14-15)12(16,9-17-2)6-5-7-13/h8,16H,4-7,9,13H2,1-3H3. The molecular weight excluding hydrogens is 234 g/mol. The molecule has 0 spiro atoms. The van der Waals surface area contributed by atoms with Gasteiger partial charge in [0.1, 0.15) is 11.3 Å². The van der Waals surface area contributed by atoms with Crippen molar-refractivity contribution in [2.45, 2.75) is 31.9 Å². The summed E-state index contributed by atoms with van der Waals surface area (Å²) < 4.78 is 12.1. The van der Waals surface area contributed by atoms with Crippen molar-refractivity contribution in [2.24, 2.45) is 5.73 Å². The predicted molar refractivity (Wildman–Crippen MR) is 68.5 cm³/mol. The molecule has 0 radical (unpaired) electrons. The van der Waals surface area contributed by atoms with Crippen LogP contribution in [0, 0.1) is 0 Å². The molecule has 1 unspecified atom stereocenters. The Morgan fingerprint density at radius 1 is 1.50 bits per heavy atom. The molecule has 0 aromatic carbocycles. The van der Waals surface area contributed by atoms with Gasteiger partial charge in [-0.1, -0.05) is 0 Å². The van der Waals surface area contributed by atoms with Gasteiger partial charge in [-0.2, -0.15) is 5.10 Å². The van der Waals surface area contributed by atoms with Crippen LogP contribution in [0.3, 0.4) is 0 Å². The number of methoxy groups -OCH3 is 2. The first-order valence-corrected chi connectivity index (χ1v) is 6.14. The minimum absolute atomic E-state index is 0.190. The van der Waals surface area contributed by atoms with E-state index in [4.69, 9.17) is 15.2 Å². The lowest BCUT2D eigenvalue weighted by atomic mass is 9.93. The van der Waals surface area contributed by atoms with Crippen LogP contribution in [0.1, 0.15) is 25.5 Å². The largest absolute Gasteiger partial charge is 0.493 e. The number of hydrogen-bond acceptors (Lipinski definition) is 5. The lowest BCUT2D eigenvalue weighted by Gasteiger charge is -2.28.